The van der Waals surface area contributed by atoms with Crippen LogP contribution in [0, 0.1) is 5.92 Å². The average molecular weight is 296 g/mol. The molecular weight excluding hydrogens is 272 g/mol. The van der Waals surface area contributed by atoms with E-state index in [1.54, 1.807) is 0 Å². The first-order valence-corrected chi connectivity index (χ1v) is 7.82. The summed E-state index contributed by atoms with van der Waals surface area (Å²) in [4.78, 5) is 12.4. The third-order valence-electron chi connectivity index (χ3n) is 4.15. The highest BCUT2D eigenvalue weighted by Crippen LogP contribution is 2.41. The molecule has 2 nitrogen and oxygen atoms in total. The van der Waals surface area contributed by atoms with Gasteiger partial charge in [0.1, 0.15) is 0 Å². The minimum atomic E-state index is -0.211. The Morgan fingerprint density at radius 2 is 2.00 bits per heavy atom. The highest BCUT2D eigenvalue weighted by atomic mass is 16.5. The summed E-state index contributed by atoms with van der Waals surface area (Å²) in [6.07, 6.45) is 4.86. The molecule has 0 bridgehead atoms. The maximum atomic E-state index is 12.4. The Morgan fingerprint density at radius 1 is 1.32 bits per heavy atom. The number of carbonyl (C=O) groups is 1. The molecule has 0 unspecified atom stereocenters. The summed E-state index contributed by atoms with van der Waals surface area (Å²) < 4.78 is 5.27. The number of carbonyl (C=O) groups excluding carboxylic acids is 1. The Bertz CT molecular complexity index is 604. The van der Waals surface area contributed by atoms with Gasteiger partial charge in [-0.05, 0) is 44.4 Å². The Labute approximate surface area is 133 Å². The van der Waals surface area contributed by atoms with Gasteiger partial charge in [-0.1, -0.05) is 42.0 Å². The van der Waals surface area contributed by atoms with Gasteiger partial charge in [0.2, 0.25) is 0 Å². The minimum absolute atomic E-state index is 0.0614. The summed E-state index contributed by atoms with van der Waals surface area (Å²) in [5.41, 5.74) is 4.31. The van der Waals surface area contributed by atoms with Gasteiger partial charge in [-0.15, -0.1) is 6.58 Å². The van der Waals surface area contributed by atoms with E-state index in [1.165, 1.54) is 11.1 Å². The summed E-state index contributed by atoms with van der Waals surface area (Å²) in [6.45, 7) is 10.4. The molecule has 1 aliphatic rings. The highest BCUT2D eigenvalue weighted by Gasteiger charge is 2.31. The van der Waals surface area contributed by atoms with E-state index in [9.17, 15) is 4.79 Å². The van der Waals surface area contributed by atoms with Crippen LogP contribution in [0.3, 0.4) is 0 Å². The monoisotopic (exact) mass is 296 g/mol. The van der Waals surface area contributed by atoms with Gasteiger partial charge in [0.15, 0.2) is 0 Å². The van der Waals surface area contributed by atoms with Gasteiger partial charge in [0.05, 0.1) is 6.61 Å². The second-order valence-corrected chi connectivity index (χ2v) is 5.82. The molecule has 2 rings (SSSR count). The van der Waals surface area contributed by atoms with Crippen LogP contribution >= 0.6 is 0 Å². The van der Waals surface area contributed by atoms with E-state index < -0.39 is 0 Å². The lowest BCUT2D eigenvalue weighted by atomic mass is 9.74. The zero-order valence-corrected chi connectivity index (χ0v) is 13.6. The molecule has 22 heavy (non-hydrogen) atoms. The maximum Gasteiger partial charge on any atom is 0.334 e. The molecule has 0 N–H and O–H groups in total. The van der Waals surface area contributed by atoms with Crippen LogP contribution in [0.25, 0.3) is 0 Å². The first kappa shape index (κ1) is 16.3. The summed E-state index contributed by atoms with van der Waals surface area (Å²) in [7, 11) is 0. The third kappa shape index (κ3) is 3.38. The number of allylic oxidation sites excluding steroid dienone is 4. The van der Waals surface area contributed by atoms with Crippen molar-refractivity contribution in [3.63, 3.8) is 0 Å². The van der Waals surface area contributed by atoms with Gasteiger partial charge >= 0.3 is 5.97 Å². The fourth-order valence-corrected chi connectivity index (χ4v) is 3.04. The van der Waals surface area contributed by atoms with E-state index in [1.807, 2.05) is 37.3 Å². The van der Waals surface area contributed by atoms with E-state index in [2.05, 4.69) is 32.6 Å². The lowest BCUT2D eigenvalue weighted by Gasteiger charge is -2.30. The third-order valence-corrected chi connectivity index (χ3v) is 4.15. The van der Waals surface area contributed by atoms with Crippen molar-refractivity contribution in [3.05, 3.63) is 71.3 Å². The summed E-state index contributed by atoms with van der Waals surface area (Å²) in [5, 5.41) is 0. The minimum Gasteiger partial charge on any atom is -0.463 e. The molecular formula is C20H24O2. The normalized spacial score (nSPS) is 21.0. The number of esters is 1. The summed E-state index contributed by atoms with van der Waals surface area (Å²) >= 11 is 0. The van der Waals surface area contributed by atoms with Gasteiger partial charge in [-0.2, -0.15) is 0 Å². The second kappa shape index (κ2) is 7.26. The van der Waals surface area contributed by atoms with Crippen molar-refractivity contribution in [1.82, 2.24) is 0 Å². The molecule has 0 saturated carbocycles. The lowest BCUT2D eigenvalue weighted by molar-refractivity contribution is -0.138. The van der Waals surface area contributed by atoms with Crippen LogP contribution in [0.15, 0.2) is 65.8 Å². The molecule has 1 aromatic rings. The molecule has 0 aromatic heterocycles. The number of hydrogen-bond donors (Lipinski definition) is 0. The van der Waals surface area contributed by atoms with Crippen molar-refractivity contribution >= 4 is 5.97 Å². The predicted molar refractivity (Wildman–Crippen MR) is 90.6 cm³/mol. The summed E-state index contributed by atoms with van der Waals surface area (Å²) in [6, 6.07) is 10.2. The molecule has 0 saturated heterocycles. The summed E-state index contributed by atoms with van der Waals surface area (Å²) in [5.74, 6) is 0.123. The van der Waals surface area contributed by atoms with Crippen molar-refractivity contribution in [2.75, 3.05) is 6.61 Å². The Hall–Kier alpha value is -2.09. The van der Waals surface area contributed by atoms with Crippen molar-refractivity contribution in [1.29, 1.82) is 0 Å². The largest absolute Gasteiger partial charge is 0.463 e. The first-order chi connectivity index (χ1) is 10.6. The molecule has 0 spiro atoms. The van der Waals surface area contributed by atoms with E-state index in [0.717, 1.165) is 17.6 Å². The topological polar surface area (TPSA) is 26.3 Å². The zero-order chi connectivity index (χ0) is 16.1. The van der Waals surface area contributed by atoms with E-state index >= 15 is 0 Å². The van der Waals surface area contributed by atoms with Crippen LogP contribution in [0.2, 0.25) is 0 Å². The zero-order valence-electron chi connectivity index (χ0n) is 13.6. The molecule has 0 heterocycles. The van der Waals surface area contributed by atoms with Crippen LogP contribution in [0.5, 0.6) is 0 Å². The van der Waals surface area contributed by atoms with E-state index in [4.69, 9.17) is 4.74 Å². The van der Waals surface area contributed by atoms with Crippen molar-refractivity contribution in [3.8, 4) is 0 Å². The smallest absolute Gasteiger partial charge is 0.334 e. The van der Waals surface area contributed by atoms with Crippen LogP contribution in [-0.2, 0) is 9.53 Å². The van der Waals surface area contributed by atoms with Crippen molar-refractivity contribution < 1.29 is 9.53 Å². The molecule has 1 aromatic carbocycles. The van der Waals surface area contributed by atoms with Gasteiger partial charge in [0, 0.05) is 17.4 Å². The Morgan fingerprint density at radius 3 is 2.55 bits per heavy atom. The molecule has 0 fully saturated rings. The van der Waals surface area contributed by atoms with Crippen LogP contribution in [0.1, 0.15) is 38.7 Å². The van der Waals surface area contributed by atoms with Crippen molar-refractivity contribution in [2.45, 2.75) is 33.1 Å². The van der Waals surface area contributed by atoms with Crippen LogP contribution in [-0.4, -0.2) is 12.6 Å². The SMILES string of the molecule is C=C[C@H]1C[C@@H](c2ccccc2)C(C(=O)OCC)=CC1=C(C)C. The van der Waals surface area contributed by atoms with Crippen LogP contribution in [0.4, 0.5) is 0 Å². The Kier molecular flexibility index (Phi) is 5.37. The molecule has 0 amide bonds. The van der Waals surface area contributed by atoms with Gasteiger partial charge in [-0.25, -0.2) is 4.79 Å². The highest BCUT2D eigenvalue weighted by molar-refractivity contribution is 5.91. The van der Waals surface area contributed by atoms with Crippen molar-refractivity contribution in [2.24, 2.45) is 5.92 Å². The molecule has 1 aliphatic carbocycles. The number of rotatable bonds is 4. The maximum absolute atomic E-state index is 12.4. The fourth-order valence-electron chi connectivity index (χ4n) is 3.04. The number of ether oxygens (including phenoxy) is 1. The molecule has 2 heteroatoms. The number of hydrogen-bond acceptors (Lipinski definition) is 2. The predicted octanol–water partition coefficient (Wildman–Crippen LogP) is 4.80. The molecule has 0 radical (unpaired) electrons. The second-order valence-electron chi connectivity index (χ2n) is 5.82. The molecule has 116 valence electrons. The van der Waals surface area contributed by atoms with E-state index in [0.29, 0.717) is 6.61 Å². The standard InChI is InChI=1S/C20H24O2/c1-5-15-12-18(16-10-8-7-9-11-16)19(20(21)22-6-2)13-17(15)14(3)4/h5,7-11,13,15,18H,1,6,12H2,2-4H3/t15-,18-/m0/s1. The van der Waals surface area contributed by atoms with Gasteiger partial charge in [-0.3, -0.25) is 0 Å². The van der Waals surface area contributed by atoms with E-state index in [-0.39, 0.29) is 17.8 Å². The molecule has 0 aliphatic heterocycles. The lowest BCUT2D eigenvalue weighted by Crippen LogP contribution is -2.22. The quantitative estimate of drug-likeness (QED) is 0.589. The first-order valence-electron chi connectivity index (χ1n) is 7.82. The molecule has 2 atom stereocenters. The van der Waals surface area contributed by atoms with Crippen LogP contribution < -0.4 is 0 Å². The number of benzene rings is 1. The van der Waals surface area contributed by atoms with Gasteiger partial charge < -0.3 is 4.74 Å². The Balaban J connectivity index is 2.51. The average Bonchev–Trinajstić information content (AvgIpc) is 2.54. The van der Waals surface area contributed by atoms with Gasteiger partial charge in [0.25, 0.3) is 0 Å². The fraction of sp³-hybridized carbons (Fsp3) is 0.350.